The van der Waals surface area contributed by atoms with Crippen molar-refractivity contribution in [3.63, 3.8) is 0 Å². The van der Waals surface area contributed by atoms with Gasteiger partial charge in [-0.25, -0.2) is 4.39 Å². The normalized spacial score (nSPS) is 27.3. The molecule has 7 heteroatoms. The van der Waals surface area contributed by atoms with Gasteiger partial charge in [0.05, 0.1) is 17.5 Å². The summed E-state index contributed by atoms with van der Waals surface area (Å²) in [4.78, 5) is 42.0. The zero-order valence-corrected chi connectivity index (χ0v) is 15.1. The standard InChI is InChI=1S/C21H15FN2O4/c1-23-16-6-4-3-5-14(16)20(18(23)26)12(10-25)11-28-21(20)15-9-13(22)7-8-17(15)24(2)19(21)27/h3-11H,1-2H3. The van der Waals surface area contributed by atoms with E-state index in [1.54, 1.807) is 38.4 Å². The number of carbonyl (C=O) groups excluding carboxylic acids is 3. The maximum atomic E-state index is 14.2. The van der Waals surface area contributed by atoms with E-state index >= 15 is 0 Å². The Labute approximate surface area is 159 Å². The summed E-state index contributed by atoms with van der Waals surface area (Å²) in [6.45, 7) is 0. The number of carbonyl (C=O) groups is 3. The van der Waals surface area contributed by atoms with Gasteiger partial charge in [0.2, 0.25) is 11.5 Å². The van der Waals surface area contributed by atoms with Crippen LogP contribution in [0.25, 0.3) is 0 Å². The van der Waals surface area contributed by atoms with Crippen LogP contribution in [0.5, 0.6) is 0 Å². The first-order chi connectivity index (χ1) is 13.4. The SMILES string of the molecule is CN1C(=O)C2(OC=C(C=O)C23C(=O)N(C)c2ccccc23)c2cc(F)ccc21. The van der Waals surface area contributed by atoms with Crippen LogP contribution in [0.15, 0.2) is 54.3 Å². The van der Waals surface area contributed by atoms with Crippen LogP contribution in [0, 0.1) is 5.82 Å². The zero-order chi connectivity index (χ0) is 19.8. The molecule has 0 radical (unpaired) electrons. The van der Waals surface area contributed by atoms with Crippen molar-refractivity contribution >= 4 is 29.5 Å². The van der Waals surface area contributed by atoms with Crippen LogP contribution < -0.4 is 9.80 Å². The smallest absolute Gasteiger partial charge is 0.277 e. The Morgan fingerprint density at radius 3 is 2.39 bits per heavy atom. The second-order valence-corrected chi connectivity index (χ2v) is 7.15. The van der Waals surface area contributed by atoms with Gasteiger partial charge >= 0.3 is 0 Å². The van der Waals surface area contributed by atoms with E-state index in [9.17, 15) is 18.8 Å². The number of rotatable bonds is 1. The number of aldehydes is 1. The van der Waals surface area contributed by atoms with Crippen LogP contribution in [0.3, 0.4) is 0 Å². The molecule has 2 atom stereocenters. The molecule has 2 amide bonds. The highest BCUT2D eigenvalue weighted by Crippen LogP contribution is 2.63. The first-order valence-electron chi connectivity index (χ1n) is 8.70. The third-order valence-electron chi connectivity index (χ3n) is 6.05. The van der Waals surface area contributed by atoms with Crippen molar-refractivity contribution in [3.05, 3.63) is 71.2 Å². The second-order valence-electron chi connectivity index (χ2n) is 7.15. The number of ether oxygens (including phenoxy) is 1. The highest BCUT2D eigenvalue weighted by atomic mass is 19.1. The Balaban J connectivity index is 1.94. The van der Waals surface area contributed by atoms with E-state index in [-0.39, 0.29) is 11.1 Å². The topological polar surface area (TPSA) is 66.9 Å². The van der Waals surface area contributed by atoms with E-state index in [0.717, 1.165) is 6.26 Å². The molecule has 0 aliphatic carbocycles. The molecule has 5 rings (SSSR count). The van der Waals surface area contributed by atoms with Gasteiger partial charge in [0, 0.05) is 30.9 Å². The lowest BCUT2D eigenvalue weighted by Crippen LogP contribution is -2.58. The lowest BCUT2D eigenvalue weighted by Gasteiger charge is -2.37. The lowest BCUT2D eigenvalue weighted by atomic mass is 9.62. The minimum absolute atomic E-state index is 0.0353. The highest BCUT2D eigenvalue weighted by molar-refractivity contribution is 6.22. The number of halogens is 1. The van der Waals surface area contributed by atoms with Crippen LogP contribution in [-0.2, 0) is 30.1 Å². The molecular formula is C21H15FN2O4. The summed E-state index contributed by atoms with van der Waals surface area (Å²) in [5.74, 6) is -1.56. The molecular weight excluding hydrogens is 363 g/mol. The molecule has 3 aliphatic heterocycles. The van der Waals surface area contributed by atoms with E-state index in [2.05, 4.69) is 0 Å². The van der Waals surface area contributed by atoms with Crippen molar-refractivity contribution in [2.45, 2.75) is 11.0 Å². The third-order valence-corrected chi connectivity index (χ3v) is 6.05. The van der Waals surface area contributed by atoms with Crippen molar-refractivity contribution in [3.8, 4) is 0 Å². The van der Waals surface area contributed by atoms with Crippen molar-refractivity contribution in [1.82, 2.24) is 0 Å². The molecule has 2 aromatic carbocycles. The number of hydrogen-bond donors (Lipinski definition) is 0. The number of nitrogens with zero attached hydrogens (tertiary/aromatic N) is 2. The molecule has 0 N–H and O–H groups in total. The Kier molecular flexibility index (Phi) is 3.02. The fourth-order valence-electron chi connectivity index (χ4n) is 4.85. The number of likely N-dealkylation sites (N-methyl/N-ethyl adjacent to an activating group) is 2. The van der Waals surface area contributed by atoms with Crippen LogP contribution in [0.1, 0.15) is 11.1 Å². The molecule has 0 bridgehead atoms. The lowest BCUT2D eigenvalue weighted by molar-refractivity contribution is -0.147. The van der Waals surface area contributed by atoms with Gasteiger partial charge < -0.3 is 14.5 Å². The molecule has 6 nitrogen and oxygen atoms in total. The quantitative estimate of drug-likeness (QED) is 0.712. The van der Waals surface area contributed by atoms with Crippen LogP contribution in [-0.4, -0.2) is 32.2 Å². The Hall–Kier alpha value is -3.48. The largest absolute Gasteiger partial charge is 0.478 e. The van der Waals surface area contributed by atoms with Gasteiger partial charge in [-0.15, -0.1) is 0 Å². The van der Waals surface area contributed by atoms with E-state index < -0.39 is 28.6 Å². The van der Waals surface area contributed by atoms with Crippen molar-refractivity contribution < 1.29 is 23.5 Å². The molecule has 2 aromatic rings. The minimum atomic E-state index is -1.88. The van der Waals surface area contributed by atoms with Gasteiger partial charge in [0.25, 0.3) is 5.91 Å². The van der Waals surface area contributed by atoms with Gasteiger partial charge in [-0.1, -0.05) is 18.2 Å². The molecule has 3 heterocycles. The molecule has 28 heavy (non-hydrogen) atoms. The van der Waals surface area contributed by atoms with E-state index in [1.165, 1.54) is 28.0 Å². The summed E-state index contributed by atoms with van der Waals surface area (Å²) in [6.07, 6.45) is 1.69. The summed E-state index contributed by atoms with van der Waals surface area (Å²) in [5.41, 5.74) is -1.84. The van der Waals surface area contributed by atoms with Crippen molar-refractivity contribution in [2.24, 2.45) is 0 Å². The molecule has 140 valence electrons. The van der Waals surface area contributed by atoms with E-state index in [4.69, 9.17) is 4.74 Å². The molecule has 0 fully saturated rings. The predicted molar refractivity (Wildman–Crippen MR) is 98.3 cm³/mol. The van der Waals surface area contributed by atoms with E-state index in [0.29, 0.717) is 23.2 Å². The molecule has 0 aromatic heterocycles. The average Bonchev–Trinajstić information content (AvgIpc) is 3.24. The summed E-state index contributed by atoms with van der Waals surface area (Å²) < 4.78 is 20.1. The maximum absolute atomic E-state index is 14.2. The monoisotopic (exact) mass is 378 g/mol. The fourth-order valence-corrected chi connectivity index (χ4v) is 4.85. The number of amides is 2. The number of benzene rings is 2. The van der Waals surface area contributed by atoms with Crippen LogP contribution in [0.4, 0.5) is 15.8 Å². The summed E-state index contributed by atoms with van der Waals surface area (Å²) in [7, 11) is 3.12. The Bertz CT molecular complexity index is 1130. The minimum Gasteiger partial charge on any atom is -0.478 e. The molecule has 0 saturated carbocycles. The first kappa shape index (κ1) is 16.7. The maximum Gasteiger partial charge on any atom is 0.277 e. The van der Waals surface area contributed by atoms with Gasteiger partial charge in [-0.3, -0.25) is 14.4 Å². The Morgan fingerprint density at radius 1 is 0.964 bits per heavy atom. The highest BCUT2D eigenvalue weighted by Gasteiger charge is 2.76. The second kappa shape index (κ2) is 5.07. The zero-order valence-electron chi connectivity index (χ0n) is 15.1. The fraction of sp³-hybridized carbons (Fsp3) is 0.190. The van der Waals surface area contributed by atoms with Crippen LogP contribution in [0.2, 0.25) is 0 Å². The van der Waals surface area contributed by atoms with Crippen LogP contribution >= 0.6 is 0 Å². The van der Waals surface area contributed by atoms with Gasteiger partial charge in [-0.05, 0) is 24.3 Å². The number of para-hydroxylation sites is 1. The predicted octanol–water partition coefficient (Wildman–Crippen LogP) is 2.02. The average molecular weight is 378 g/mol. The number of anilines is 2. The molecule has 3 aliphatic rings. The van der Waals surface area contributed by atoms with E-state index in [1.807, 2.05) is 0 Å². The van der Waals surface area contributed by atoms with Gasteiger partial charge in [0.1, 0.15) is 5.82 Å². The Morgan fingerprint density at radius 2 is 1.64 bits per heavy atom. The van der Waals surface area contributed by atoms with Crippen molar-refractivity contribution in [1.29, 1.82) is 0 Å². The summed E-state index contributed by atoms with van der Waals surface area (Å²) in [6, 6.07) is 10.9. The van der Waals surface area contributed by atoms with Gasteiger partial charge in [0.15, 0.2) is 11.7 Å². The summed E-state index contributed by atoms with van der Waals surface area (Å²) in [5, 5.41) is 0. The first-order valence-corrected chi connectivity index (χ1v) is 8.70. The molecule has 0 saturated heterocycles. The third kappa shape index (κ3) is 1.50. The number of fused-ring (bicyclic) bond motifs is 5. The summed E-state index contributed by atoms with van der Waals surface area (Å²) >= 11 is 0. The van der Waals surface area contributed by atoms with Crippen molar-refractivity contribution in [2.75, 3.05) is 23.9 Å². The van der Waals surface area contributed by atoms with Gasteiger partial charge in [-0.2, -0.15) is 0 Å². The molecule has 2 unspecified atom stereocenters. The molecule has 2 spiro atoms. The number of hydrogen-bond acceptors (Lipinski definition) is 4.